The standard InChI is InChI=1S/C71H98N22O40P6S4/c1-28-15-88(67(99)85-57(28)95)39-13-33(128-136(106,140)112-8)36(122-39)19-116-137(107,141)129-34-14-40(89-16-29(2)58(96)86-68(89)100)123-37(34)20-117-138(108,142)133-51-49-64(93-27-80-43-56(93)83-66(75)84-60(43)98)126-70(51,31(4)121-49)22-118-135(104,105)130-45-38(125-61(47(45)114-12-10-111-7)90-17-30(3)59(97)87-69(90)101)21-115-134(102,103)132-50-48-63(92-26-79-42-53(73)81-65(74)82-55(42)92)127-71(50,32(5)120-48)23-119-139(109,143)131-44-35(18-94)124-62(46(44)113-11-9-110-6)91-25-78-41-52(72)76-24-77-54(41)91/h15-17,24-27,31-40,44-51,53,61-64,94H,9-14,18-23,73H2,1-8H3,(H,102,103)(H,104,105)(H,106,140)(H,107,141)(H,108,142)(H,109,143)(H2,72,76,77)(H3,74,81,82)(H,85,95,99)(H,86,96,100)(H,87,97,101)(H3,75,83,84,98)/p-6/t31-,32-,33+,34+,35+,36+,37+,38+,39+,40+,44-,45-,46?,47?,48?,49?,50+,51+,53?,61+,62+,63+,64+,70-,71-,136?,137?,138?,139?/m0/s1. The number of methoxy groups -OCH3 is 2. The first-order valence-corrected chi connectivity index (χ1v) is 56.1. The smallest absolute Gasteiger partial charge is 0.330 e. The fraction of sp³-hybridized carbons (Fsp3) is 0.634. The third-order valence-corrected chi connectivity index (χ3v) is 32.8. The van der Waals surface area contributed by atoms with E-state index >= 15 is 28.4 Å². The molecule has 62 nitrogen and oxygen atoms in total. The molecule has 786 valence electrons. The summed E-state index contributed by atoms with van der Waals surface area (Å²) >= 11 is 21.6. The van der Waals surface area contributed by atoms with E-state index in [1.54, 1.807) is 0 Å². The lowest BCUT2D eigenvalue weighted by Gasteiger charge is -2.40. The van der Waals surface area contributed by atoms with Crippen LogP contribution < -0.4 is 92.0 Å². The van der Waals surface area contributed by atoms with E-state index in [4.69, 9.17) is 182 Å². The topological polar surface area (TPSA) is 826 Å². The van der Waals surface area contributed by atoms with Crippen LogP contribution in [-0.4, -0.2) is 285 Å². The molecule has 17 rings (SSSR count). The van der Waals surface area contributed by atoms with Gasteiger partial charge in [0.15, 0.2) is 60.3 Å². The van der Waals surface area contributed by atoms with E-state index in [0.717, 1.165) is 50.4 Å². The molecule has 11 unspecified atom stereocenters. The highest BCUT2D eigenvalue weighted by Gasteiger charge is 2.70. The predicted octanol–water partition coefficient (Wildman–Crippen LogP) is -5.78. The Labute approximate surface area is 823 Å². The quantitative estimate of drug-likeness (QED) is 0.00967. The second kappa shape index (κ2) is 41.9. The zero-order valence-electron chi connectivity index (χ0n) is 75.6. The molecule has 0 saturated carbocycles. The SMILES string of the molecule is COCCOC1[C@@H](OP(=O)([O-])OC[C@]23O[C@@H](n4cnc5c(=O)[nH]c(N)nc54)C(O[C@H]2C)[C@H]3OP(=O)([S-])OC[C@H]2O[C@@H](n3cc(C)c(=O)[nH]c3=O)C[C@H]2OP([O-])(=S)OC[C@H]2O[C@@H](n3cc(C)c(=O)[nH]c3=O)C[C@H]2OP([O-])(=S)OC)[C@@H](COP(=O)([O-])O[C@@H]2C3O[C@@H](C)[C@]2(COP([O-])(=S)O[C@@H]2C(OCCOC)[C@H](n4cnc5c(N)ncnc54)O[C@@H]2CO)O[C@H]3n2cnc3c2NC(N)=NC3N)O[C@H]1n1cc(C)c(=O)[nH]c1=O. The van der Waals surface area contributed by atoms with Crippen molar-refractivity contribution in [3.63, 3.8) is 0 Å². The van der Waals surface area contributed by atoms with E-state index in [9.17, 15) is 48.5 Å². The van der Waals surface area contributed by atoms with Crippen molar-refractivity contribution in [2.75, 3.05) is 104 Å². The minimum atomic E-state index is -6.27. The van der Waals surface area contributed by atoms with Crippen LogP contribution in [0.2, 0.25) is 0 Å². The number of aryl methyl sites for hydroxylation is 3. The van der Waals surface area contributed by atoms with Crippen LogP contribution in [0.4, 0.5) is 17.6 Å². The van der Waals surface area contributed by atoms with Crippen LogP contribution in [0, 0.1) is 20.8 Å². The van der Waals surface area contributed by atoms with Gasteiger partial charge in [-0.15, -0.1) is 0 Å². The van der Waals surface area contributed by atoms with E-state index in [-0.39, 0.29) is 88.5 Å². The van der Waals surface area contributed by atoms with Crippen molar-refractivity contribution in [1.29, 1.82) is 0 Å². The minimum Gasteiger partial charge on any atom is -0.780 e. The number of aliphatic hydroxyl groups excluding tert-OH is 1. The molecule has 0 radical (unpaired) electrons. The third-order valence-electron chi connectivity index (χ3n) is 24.7. The van der Waals surface area contributed by atoms with Crippen molar-refractivity contribution in [3.05, 3.63) is 139 Å². The van der Waals surface area contributed by atoms with Gasteiger partial charge in [-0.25, -0.2) is 44.3 Å². The van der Waals surface area contributed by atoms with E-state index in [1.165, 1.54) is 76.8 Å². The highest BCUT2D eigenvalue weighted by atomic mass is 32.7. The first-order chi connectivity index (χ1) is 67.6. The molecule has 72 heteroatoms. The molecule has 8 fully saturated rings. The fourth-order valence-electron chi connectivity index (χ4n) is 17.8. The molecule has 0 aliphatic carbocycles. The van der Waals surface area contributed by atoms with Crippen LogP contribution in [0.25, 0.3) is 22.3 Å². The summed E-state index contributed by atoms with van der Waals surface area (Å²) in [4.78, 5) is 203. The number of nitrogens with zero attached hydrogens (tertiary/aromatic N) is 13. The highest BCUT2D eigenvalue weighted by molar-refractivity contribution is 8.32. The largest absolute Gasteiger partial charge is 0.780 e. The maximum atomic E-state index is 15.4. The molecule has 143 heavy (non-hydrogen) atoms. The molecule has 8 aromatic rings. The molecule has 0 amide bonds. The average Bonchev–Trinajstić information content (AvgIpc) is 1.54. The Morgan fingerprint density at radius 3 is 1.59 bits per heavy atom. The monoisotopic (exact) mass is 2210 g/mol. The number of phosphoric acid groups is 2. The van der Waals surface area contributed by atoms with Crippen molar-refractivity contribution in [1.82, 2.24) is 77.2 Å². The number of aliphatic hydroxyl groups is 1. The number of nitrogens with one attached hydrogen (secondary N) is 5. The summed E-state index contributed by atoms with van der Waals surface area (Å²) in [6.07, 6.45) is -29.9. The lowest BCUT2D eigenvalue weighted by atomic mass is 9.94. The Morgan fingerprint density at radius 1 is 0.517 bits per heavy atom. The van der Waals surface area contributed by atoms with Gasteiger partial charge < -0.3 is 181 Å². The van der Waals surface area contributed by atoms with Crippen molar-refractivity contribution < 1.29 is 154 Å². The Bertz CT molecular complexity index is 6940. The van der Waals surface area contributed by atoms with Crippen molar-refractivity contribution in [3.8, 4) is 0 Å². The Morgan fingerprint density at radius 2 is 1.01 bits per heavy atom. The van der Waals surface area contributed by atoms with Crippen LogP contribution in [0.15, 0.2) is 82.5 Å². The van der Waals surface area contributed by atoms with Gasteiger partial charge in [0, 0.05) is 69.5 Å². The van der Waals surface area contributed by atoms with Gasteiger partial charge in [0.05, 0.1) is 109 Å². The number of nitrogen functional groups attached to an aromatic ring is 2. The van der Waals surface area contributed by atoms with Gasteiger partial charge in [-0.05, 0) is 34.6 Å². The average molecular weight is 2210 g/mol. The number of ether oxygens (including phenoxy) is 12. The molecule has 14 N–H and O–H groups in total. The predicted molar refractivity (Wildman–Crippen MR) is 483 cm³/mol. The summed E-state index contributed by atoms with van der Waals surface area (Å²) in [6.45, 7) is -20.2. The summed E-state index contributed by atoms with van der Waals surface area (Å²) in [6, 6.07) is 0. The molecule has 9 aliphatic heterocycles. The molecule has 31 atom stereocenters. The molecular formula is C71H92N22O40P6S4-6. The number of nitrogens with two attached hydrogens (primary N) is 4. The normalized spacial score (nSPS) is 33.0. The van der Waals surface area contributed by atoms with Crippen LogP contribution in [0.3, 0.4) is 0 Å². The Balaban J connectivity index is 0.647. The van der Waals surface area contributed by atoms with Gasteiger partial charge >= 0.3 is 17.1 Å². The number of aliphatic imine (C=N–C) groups is 1. The Kier molecular flexibility index (Phi) is 31.4. The second-order valence-electron chi connectivity index (χ2n) is 33.7. The van der Waals surface area contributed by atoms with Gasteiger partial charge in [0.2, 0.25) is 5.95 Å². The summed E-state index contributed by atoms with van der Waals surface area (Å²) < 4.78 is 196. The van der Waals surface area contributed by atoms with E-state index in [0.29, 0.717) is 0 Å². The number of anilines is 3. The molecular weight excluding hydrogens is 2120 g/mol. The third kappa shape index (κ3) is 22.0. The summed E-state index contributed by atoms with van der Waals surface area (Å²) in [5, 5.41) is 13.7. The maximum absolute atomic E-state index is 15.4. The lowest BCUT2D eigenvalue weighted by molar-refractivity contribution is -0.251. The fourth-order valence-corrected chi connectivity index (χ4v) is 25.0. The first-order valence-electron chi connectivity index (χ1n) is 43.0. The lowest BCUT2D eigenvalue weighted by Crippen LogP contribution is -2.51. The molecule has 9 aliphatic rings. The van der Waals surface area contributed by atoms with Gasteiger partial charge in [0.1, 0.15) is 147 Å². The number of guanidine groups is 1. The van der Waals surface area contributed by atoms with Crippen molar-refractivity contribution >= 4 is 136 Å². The summed E-state index contributed by atoms with van der Waals surface area (Å²) in [5.41, 5.74) is 13.2. The number of imidazole rings is 3. The summed E-state index contributed by atoms with van der Waals surface area (Å²) in [7, 11) is -8.76. The van der Waals surface area contributed by atoms with E-state index < -0.39 is 293 Å². The molecule has 8 aromatic heterocycles. The number of rotatable bonds is 43. The van der Waals surface area contributed by atoms with E-state index in [1.807, 2.05) is 0 Å². The molecule has 0 aromatic carbocycles. The highest BCUT2D eigenvalue weighted by Crippen LogP contribution is 2.63. The van der Waals surface area contributed by atoms with Crippen LogP contribution >= 0.6 is 42.6 Å². The zero-order chi connectivity index (χ0) is 103. The number of hydrogen-bond donors (Lipinski definition) is 10. The van der Waals surface area contributed by atoms with Gasteiger partial charge in [0.25, 0.3) is 37.9 Å². The first kappa shape index (κ1) is 107. The number of phosphoric ester groups is 2. The second-order valence-corrected chi connectivity index (χ2v) is 47.3. The van der Waals surface area contributed by atoms with Crippen LogP contribution in [-0.2, 0) is 172 Å². The van der Waals surface area contributed by atoms with Gasteiger partial charge in [-0.2, -0.15) is 4.98 Å². The number of fused-ring (bicyclic) bond motifs is 7. The van der Waals surface area contributed by atoms with Gasteiger partial charge in [-0.1, -0.05) is 35.4 Å². The zero-order valence-corrected chi connectivity index (χ0v) is 84.2. The number of H-pyrrole nitrogens is 4. The number of aromatic nitrogens is 16. The molecule has 8 saturated heterocycles. The van der Waals surface area contributed by atoms with E-state index in [2.05, 4.69) is 60.1 Å². The van der Waals surface area contributed by atoms with Gasteiger partial charge in [-0.3, -0.25) is 80.2 Å². The van der Waals surface area contributed by atoms with Crippen molar-refractivity contribution in [2.24, 2.45) is 16.5 Å². The number of aromatic amines is 4. The summed E-state index contributed by atoms with van der Waals surface area (Å²) in [5.74, 6) is -0.578. The maximum Gasteiger partial charge on any atom is 0.330 e. The molecule has 17 heterocycles. The minimum absolute atomic E-state index is 0.00115. The van der Waals surface area contributed by atoms with Crippen LogP contribution in [0.1, 0.15) is 92.6 Å². The van der Waals surface area contributed by atoms with Crippen LogP contribution in [0.5, 0.6) is 0 Å². The van der Waals surface area contributed by atoms with Crippen molar-refractivity contribution in [2.45, 2.75) is 200 Å². The molecule has 0 spiro atoms. The Hall–Kier alpha value is -7.23. The molecule has 4 bridgehead atoms. The number of hydrogen-bond acceptors (Lipinski definition) is 56.